The Labute approximate surface area is 91.3 Å². The summed E-state index contributed by atoms with van der Waals surface area (Å²) in [5, 5.41) is 8.03. The molecule has 0 bridgehead atoms. The van der Waals surface area contributed by atoms with Gasteiger partial charge in [0.1, 0.15) is 0 Å². The van der Waals surface area contributed by atoms with Gasteiger partial charge < -0.3 is 4.74 Å². The summed E-state index contributed by atoms with van der Waals surface area (Å²) in [4.78, 5) is 0. The molecule has 2 nitrogen and oxygen atoms in total. The molecule has 0 atom stereocenters. The largest absolute Gasteiger partial charge is 0.491 e. The van der Waals surface area contributed by atoms with Gasteiger partial charge in [0.15, 0.2) is 5.76 Å². The van der Waals surface area contributed by atoms with Gasteiger partial charge in [-0.05, 0) is 6.92 Å². The first-order chi connectivity index (χ1) is 7.52. The van der Waals surface area contributed by atoms with Crippen LogP contribution in [0.1, 0.15) is 6.92 Å². The predicted molar refractivity (Wildman–Crippen MR) is 41.3 cm³/mol. The van der Waals surface area contributed by atoms with Crippen molar-refractivity contribution in [3.8, 4) is 6.07 Å². The van der Waals surface area contributed by atoms with Crippen LogP contribution in [-0.2, 0) is 4.74 Å². The minimum absolute atomic E-state index is 0.191. The number of ether oxygens (including phenoxy) is 1. The van der Waals surface area contributed by atoms with E-state index in [0.717, 1.165) is 13.0 Å². The van der Waals surface area contributed by atoms with E-state index in [1.807, 2.05) is 0 Å². The molecule has 0 rings (SSSR count). The Hall–Kier alpha value is -1.46. The predicted octanol–water partition coefficient (Wildman–Crippen LogP) is 3.26. The van der Waals surface area contributed by atoms with E-state index in [1.54, 1.807) is 0 Å². The van der Waals surface area contributed by atoms with E-state index in [9.17, 15) is 30.7 Å². The average Bonchev–Trinajstić information content (AvgIpc) is 2.15. The Kier molecular flexibility index (Phi) is 4.40. The third-order valence-corrected chi connectivity index (χ3v) is 1.56. The van der Waals surface area contributed by atoms with Gasteiger partial charge in [-0.3, -0.25) is 0 Å². The van der Waals surface area contributed by atoms with Crippen molar-refractivity contribution < 1.29 is 35.5 Å². The molecule has 0 saturated carbocycles. The van der Waals surface area contributed by atoms with Crippen LogP contribution in [0.2, 0.25) is 0 Å². The Balaban J connectivity index is 5.52. The fourth-order valence-corrected chi connectivity index (χ4v) is 0.770. The van der Waals surface area contributed by atoms with E-state index in [1.165, 1.54) is 0 Å². The monoisotopic (exact) mass is 265 g/mol. The summed E-state index contributed by atoms with van der Waals surface area (Å²) in [5.41, 5.74) is 0. The molecule has 98 valence electrons. The standard InChI is InChI=1S/C8H6F7NO/c1-2-17-5(3-4-16)6(9,10)7(11,12)8(13,14)15/h3H,2H2,1H3/b5-3+. The molecule has 0 aliphatic carbocycles. The van der Waals surface area contributed by atoms with Crippen LogP contribution < -0.4 is 0 Å². The molecule has 0 amide bonds. The summed E-state index contributed by atoms with van der Waals surface area (Å²) < 4.78 is 90.1. The Morgan fingerprint density at radius 1 is 1.18 bits per heavy atom. The Bertz CT molecular complexity index is 339. The van der Waals surface area contributed by atoms with Gasteiger partial charge in [0.05, 0.1) is 18.8 Å². The molecular weight excluding hydrogens is 259 g/mol. The third kappa shape index (κ3) is 2.81. The minimum Gasteiger partial charge on any atom is -0.491 e. The van der Waals surface area contributed by atoms with Gasteiger partial charge in [0.2, 0.25) is 0 Å². The maximum absolute atomic E-state index is 12.9. The molecule has 0 saturated heterocycles. The van der Waals surface area contributed by atoms with E-state index in [4.69, 9.17) is 5.26 Å². The number of nitrogens with zero attached hydrogens (tertiary/aromatic N) is 1. The van der Waals surface area contributed by atoms with Crippen molar-refractivity contribution in [2.45, 2.75) is 24.9 Å². The maximum atomic E-state index is 12.9. The second-order valence-corrected chi connectivity index (χ2v) is 2.72. The molecule has 0 fully saturated rings. The molecule has 0 aromatic carbocycles. The van der Waals surface area contributed by atoms with Crippen molar-refractivity contribution in [3.05, 3.63) is 11.8 Å². The van der Waals surface area contributed by atoms with Crippen molar-refractivity contribution >= 4 is 0 Å². The van der Waals surface area contributed by atoms with Crippen LogP contribution in [-0.4, -0.2) is 24.6 Å². The van der Waals surface area contributed by atoms with E-state index < -0.39 is 30.4 Å². The molecular formula is C8H6F7NO. The summed E-state index contributed by atoms with van der Waals surface area (Å²) in [6.45, 7) is 0.504. The van der Waals surface area contributed by atoms with Gasteiger partial charge in [-0.2, -0.15) is 36.0 Å². The lowest BCUT2D eigenvalue weighted by Crippen LogP contribution is -2.53. The maximum Gasteiger partial charge on any atom is 0.460 e. The number of halogens is 7. The van der Waals surface area contributed by atoms with Crippen molar-refractivity contribution in [2.75, 3.05) is 6.61 Å². The van der Waals surface area contributed by atoms with Crippen LogP contribution in [0.25, 0.3) is 0 Å². The van der Waals surface area contributed by atoms with Crippen LogP contribution >= 0.6 is 0 Å². The highest BCUT2D eigenvalue weighted by Gasteiger charge is 2.75. The molecule has 0 aliphatic rings. The first-order valence-corrected chi connectivity index (χ1v) is 4.07. The van der Waals surface area contributed by atoms with Gasteiger partial charge in [0.25, 0.3) is 0 Å². The summed E-state index contributed by atoms with van der Waals surface area (Å²) in [6.07, 6.45) is -6.65. The van der Waals surface area contributed by atoms with Crippen molar-refractivity contribution in [2.24, 2.45) is 0 Å². The van der Waals surface area contributed by atoms with Crippen molar-refractivity contribution in [1.82, 2.24) is 0 Å². The lowest BCUT2D eigenvalue weighted by atomic mass is 10.1. The Morgan fingerprint density at radius 2 is 1.65 bits per heavy atom. The zero-order valence-corrected chi connectivity index (χ0v) is 8.29. The molecule has 9 heteroatoms. The van der Waals surface area contributed by atoms with Crippen LogP contribution in [0.4, 0.5) is 30.7 Å². The quantitative estimate of drug-likeness (QED) is 0.444. The topological polar surface area (TPSA) is 33.0 Å². The second kappa shape index (κ2) is 4.81. The highest BCUT2D eigenvalue weighted by Crippen LogP contribution is 2.49. The zero-order valence-electron chi connectivity index (χ0n) is 8.29. The number of allylic oxidation sites excluding steroid dienone is 2. The van der Waals surface area contributed by atoms with E-state index in [-0.39, 0.29) is 6.08 Å². The van der Waals surface area contributed by atoms with Gasteiger partial charge in [0, 0.05) is 0 Å². The van der Waals surface area contributed by atoms with Gasteiger partial charge in [-0.15, -0.1) is 0 Å². The summed E-state index contributed by atoms with van der Waals surface area (Å²) in [7, 11) is 0. The number of hydrogen-bond acceptors (Lipinski definition) is 2. The highest BCUT2D eigenvalue weighted by molar-refractivity contribution is 5.19. The number of alkyl halides is 7. The highest BCUT2D eigenvalue weighted by atomic mass is 19.4. The molecule has 0 spiro atoms. The van der Waals surface area contributed by atoms with Gasteiger partial charge in [-0.1, -0.05) is 0 Å². The molecule has 0 aliphatic heterocycles. The normalized spacial score (nSPS) is 14.4. The van der Waals surface area contributed by atoms with E-state index in [2.05, 4.69) is 4.74 Å². The van der Waals surface area contributed by atoms with Gasteiger partial charge >= 0.3 is 18.0 Å². The van der Waals surface area contributed by atoms with E-state index in [0.29, 0.717) is 0 Å². The van der Waals surface area contributed by atoms with E-state index >= 15 is 0 Å². The Morgan fingerprint density at radius 3 is 1.94 bits per heavy atom. The molecule has 17 heavy (non-hydrogen) atoms. The summed E-state index contributed by atoms with van der Waals surface area (Å²) in [5.74, 6) is -14.0. The summed E-state index contributed by atoms with van der Waals surface area (Å²) in [6, 6.07) is 0.915. The number of rotatable bonds is 4. The summed E-state index contributed by atoms with van der Waals surface area (Å²) >= 11 is 0. The van der Waals surface area contributed by atoms with Crippen LogP contribution in [0.15, 0.2) is 11.8 Å². The van der Waals surface area contributed by atoms with Crippen LogP contribution in [0.5, 0.6) is 0 Å². The molecule has 0 radical (unpaired) electrons. The van der Waals surface area contributed by atoms with Crippen molar-refractivity contribution in [3.63, 3.8) is 0 Å². The number of nitriles is 1. The minimum atomic E-state index is -6.46. The fraction of sp³-hybridized carbons (Fsp3) is 0.625. The zero-order chi connectivity index (χ0) is 13.9. The molecule has 0 N–H and O–H groups in total. The SMILES string of the molecule is CCO/C(=C/C#N)C(F)(F)C(F)(F)C(F)(F)F. The molecule has 0 unspecified atom stereocenters. The molecule has 0 aromatic rings. The van der Waals surface area contributed by atoms with Crippen LogP contribution in [0, 0.1) is 11.3 Å². The molecule has 0 aromatic heterocycles. The lowest BCUT2D eigenvalue weighted by molar-refractivity contribution is -0.350. The number of hydrogen-bond donors (Lipinski definition) is 0. The fourth-order valence-electron chi connectivity index (χ4n) is 0.770. The van der Waals surface area contributed by atoms with Gasteiger partial charge in [-0.25, -0.2) is 0 Å². The lowest BCUT2D eigenvalue weighted by Gasteiger charge is -2.29. The first kappa shape index (κ1) is 15.5. The average molecular weight is 265 g/mol. The smallest absolute Gasteiger partial charge is 0.460 e. The van der Waals surface area contributed by atoms with Crippen LogP contribution in [0.3, 0.4) is 0 Å². The first-order valence-electron chi connectivity index (χ1n) is 4.07. The third-order valence-electron chi connectivity index (χ3n) is 1.56. The van der Waals surface area contributed by atoms with Crippen molar-refractivity contribution in [1.29, 1.82) is 5.26 Å². The second-order valence-electron chi connectivity index (χ2n) is 2.72. The molecule has 0 heterocycles.